The highest BCUT2D eigenvalue weighted by Gasteiger charge is 2.26. The van der Waals surface area contributed by atoms with Crippen molar-refractivity contribution < 1.29 is 9.53 Å². The molecule has 0 unspecified atom stereocenters. The molecule has 1 saturated carbocycles. The second-order valence-corrected chi connectivity index (χ2v) is 5.67. The molecule has 0 saturated heterocycles. The minimum atomic E-state index is -0.567. The normalized spacial score (nSPS) is 13.4. The Kier molecular flexibility index (Phi) is 3.70. The van der Waals surface area contributed by atoms with Crippen LogP contribution < -0.4 is 11.1 Å². The van der Waals surface area contributed by atoms with Crippen molar-refractivity contribution in [1.29, 1.82) is 5.26 Å². The third-order valence-electron chi connectivity index (χ3n) is 3.98. The fourth-order valence-electron chi connectivity index (χ4n) is 2.58. The fourth-order valence-corrected chi connectivity index (χ4v) is 2.58. The summed E-state index contributed by atoms with van der Waals surface area (Å²) >= 11 is 0. The first-order chi connectivity index (χ1) is 11.1. The summed E-state index contributed by atoms with van der Waals surface area (Å²) in [6, 6.07) is 8.28. The molecular weight excluding hydrogens is 292 g/mol. The van der Waals surface area contributed by atoms with Crippen LogP contribution in [0.3, 0.4) is 0 Å². The maximum Gasteiger partial charge on any atom is 0.357 e. The maximum absolute atomic E-state index is 12.1. The Balaban J connectivity index is 2.21. The van der Waals surface area contributed by atoms with E-state index in [9.17, 15) is 10.1 Å². The van der Waals surface area contributed by atoms with Crippen LogP contribution in [0.15, 0.2) is 24.4 Å². The lowest BCUT2D eigenvalue weighted by atomic mass is 10.1. The minimum absolute atomic E-state index is 0.137. The number of nitrogens with two attached hydrogens (primary N) is 1. The number of ether oxygens (including phenoxy) is 1. The molecule has 0 amide bonds. The number of methoxy groups -OCH3 is 1. The van der Waals surface area contributed by atoms with E-state index in [-0.39, 0.29) is 16.9 Å². The van der Waals surface area contributed by atoms with Crippen LogP contribution in [0, 0.1) is 18.3 Å². The van der Waals surface area contributed by atoms with Gasteiger partial charge in [-0.15, -0.1) is 0 Å². The summed E-state index contributed by atoms with van der Waals surface area (Å²) in [5.74, 6) is -0.567. The SMILES string of the molecule is COC(=O)c1c(N)c(C#N)cn1-c1cccc(C)c1NC1CC1. The van der Waals surface area contributed by atoms with Gasteiger partial charge in [-0.3, -0.25) is 0 Å². The summed E-state index contributed by atoms with van der Waals surface area (Å²) in [6.07, 6.45) is 3.85. The van der Waals surface area contributed by atoms with E-state index in [1.807, 2.05) is 31.2 Å². The number of nitrogen functional groups attached to an aromatic ring is 1. The summed E-state index contributed by atoms with van der Waals surface area (Å²) in [6.45, 7) is 2.00. The van der Waals surface area contributed by atoms with E-state index in [2.05, 4.69) is 5.32 Å². The van der Waals surface area contributed by atoms with Gasteiger partial charge in [0, 0.05) is 12.2 Å². The number of para-hydroxylation sites is 1. The molecule has 118 valence electrons. The van der Waals surface area contributed by atoms with Crippen LogP contribution in [0.4, 0.5) is 11.4 Å². The van der Waals surface area contributed by atoms with Crippen molar-refractivity contribution in [3.63, 3.8) is 0 Å². The number of hydrogen-bond acceptors (Lipinski definition) is 5. The molecule has 1 fully saturated rings. The van der Waals surface area contributed by atoms with Crippen LogP contribution in [0.1, 0.15) is 34.5 Å². The van der Waals surface area contributed by atoms with Gasteiger partial charge in [-0.1, -0.05) is 12.1 Å². The molecular formula is C17H18N4O2. The van der Waals surface area contributed by atoms with Crippen LogP contribution in [0.2, 0.25) is 0 Å². The Morgan fingerprint density at radius 1 is 1.48 bits per heavy atom. The number of rotatable bonds is 4. The van der Waals surface area contributed by atoms with E-state index in [4.69, 9.17) is 10.5 Å². The van der Waals surface area contributed by atoms with Crippen LogP contribution in [-0.2, 0) is 4.74 Å². The van der Waals surface area contributed by atoms with E-state index in [0.717, 1.165) is 29.8 Å². The van der Waals surface area contributed by atoms with Crippen molar-refractivity contribution in [3.8, 4) is 11.8 Å². The molecule has 6 heteroatoms. The monoisotopic (exact) mass is 310 g/mol. The second-order valence-electron chi connectivity index (χ2n) is 5.67. The van der Waals surface area contributed by atoms with Crippen molar-refractivity contribution in [3.05, 3.63) is 41.2 Å². The van der Waals surface area contributed by atoms with E-state index in [1.165, 1.54) is 7.11 Å². The first kappa shape index (κ1) is 15.0. The fraction of sp³-hybridized carbons (Fsp3) is 0.294. The number of nitrogens with one attached hydrogen (secondary N) is 1. The average Bonchev–Trinajstić information content (AvgIpc) is 3.30. The Hall–Kier alpha value is -2.94. The highest BCUT2D eigenvalue weighted by Crippen LogP contribution is 2.34. The summed E-state index contributed by atoms with van der Waals surface area (Å²) in [4.78, 5) is 12.1. The van der Waals surface area contributed by atoms with Crippen molar-refractivity contribution in [2.45, 2.75) is 25.8 Å². The zero-order chi connectivity index (χ0) is 16.6. The third kappa shape index (κ3) is 2.61. The van der Waals surface area contributed by atoms with E-state index >= 15 is 0 Å². The standard InChI is InChI=1S/C17H18N4O2/c1-10-4-3-5-13(15(10)20-12-6-7-12)21-9-11(8-18)14(19)16(21)17(22)23-2/h3-5,9,12,20H,6-7,19H2,1-2H3. The molecule has 0 atom stereocenters. The molecule has 1 aliphatic carbocycles. The molecule has 23 heavy (non-hydrogen) atoms. The smallest absolute Gasteiger partial charge is 0.357 e. The highest BCUT2D eigenvalue weighted by atomic mass is 16.5. The Bertz CT molecular complexity index is 813. The lowest BCUT2D eigenvalue weighted by Gasteiger charge is -2.17. The van der Waals surface area contributed by atoms with Gasteiger partial charge in [0.25, 0.3) is 0 Å². The maximum atomic E-state index is 12.1. The molecule has 1 aliphatic rings. The van der Waals surface area contributed by atoms with Gasteiger partial charge in [0.1, 0.15) is 6.07 Å². The number of nitriles is 1. The molecule has 1 aromatic heterocycles. The molecule has 2 aromatic rings. The quantitative estimate of drug-likeness (QED) is 0.847. The van der Waals surface area contributed by atoms with Crippen LogP contribution in [0.5, 0.6) is 0 Å². The predicted molar refractivity (Wildman–Crippen MR) is 87.6 cm³/mol. The van der Waals surface area contributed by atoms with Crippen LogP contribution >= 0.6 is 0 Å². The Morgan fingerprint density at radius 2 is 2.22 bits per heavy atom. The Morgan fingerprint density at radius 3 is 2.83 bits per heavy atom. The van der Waals surface area contributed by atoms with Crippen LogP contribution in [0.25, 0.3) is 5.69 Å². The number of aromatic nitrogens is 1. The molecule has 1 aromatic carbocycles. The number of carbonyl (C=O) groups is 1. The van der Waals surface area contributed by atoms with Gasteiger partial charge in [0.15, 0.2) is 5.69 Å². The molecule has 0 aliphatic heterocycles. The van der Waals surface area contributed by atoms with Crippen molar-refractivity contribution in [2.75, 3.05) is 18.2 Å². The molecule has 3 N–H and O–H groups in total. The average molecular weight is 310 g/mol. The lowest BCUT2D eigenvalue weighted by Crippen LogP contribution is -2.13. The number of esters is 1. The Labute approximate surface area is 134 Å². The largest absolute Gasteiger partial charge is 0.464 e. The highest BCUT2D eigenvalue weighted by molar-refractivity contribution is 5.96. The first-order valence-electron chi connectivity index (χ1n) is 7.42. The summed E-state index contributed by atoms with van der Waals surface area (Å²) in [7, 11) is 1.30. The van der Waals surface area contributed by atoms with E-state index in [0.29, 0.717) is 6.04 Å². The van der Waals surface area contributed by atoms with Gasteiger partial charge >= 0.3 is 5.97 Å². The summed E-state index contributed by atoms with van der Waals surface area (Å²) in [5.41, 5.74) is 9.32. The summed E-state index contributed by atoms with van der Waals surface area (Å²) in [5, 5.41) is 12.7. The minimum Gasteiger partial charge on any atom is -0.464 e. The number of nitrogens with zero attached hydrogens (tertiary/aromatic N) is 2. The van der Waals surface area contributed by atoms with Crippen LogP contribution in [-0.4, -0.2) is 23.7 Å². The zero-order valence-electron chi connectivity index (χ0n) is 13.1. The van der Waals surface area contributed by atoms with Gasteiger partial charge in [0.2, 0.25) is 0 Å². The molecule has 6 nitrogen and oxygen atoms in total. The summed E-state index contributed by atoms with van der Waals surface area (Å²) < 4.78 is 6.47. The third-order valence-corrected chi connectivity index (χ3v) is 3.98. The van der Waals surface area contributed by atoms with Crippen molar-refractivity contribution >= 4 is 17.3 Å². The first-order valence-corrected chi connectivity index (χ1v) is 7.42. The number of aryl methyl sites for hydroxylation is 1. The van der Waals surface area contributed by atoms with E-state index < -0.39 is 5.97 Å². The second kappa shape index (κ2) is 5.69. The van der Waals surface area contributed by atoms with E-state index in [1.54, 1.807) is 10.8 Å². The van der Waals surface area contributed by atoms with Gasteiger partial charge < -0.3 is 20.4 Å². The van der Waals surface area contributed by atoms with Gasteiger partial charge in [-0.2, -0.15) is 5.26 Å². The number of benzene rings is 1. The lowest BCUT2D eigenvalue weighted by molar-refractivity contribution is 0.0593. The predicted octanol–water partition coefficient (Wildman–Crippen LogP) is 2.60. The van der Waals surface area contributed by atoms with Crippen molar-refractivity contribution in [1.82, 2.24) is 4.57 Å². The molecule has 1 heterocycles. The van der Waals surface area contributed by atoms with Gasteiger partial charge in [0.05, 0.1) is 29.7 Å². The topological polar surface area (TPSA) is 93.1 Å². The molecule has 0 spiro atoms. The number of hydrogen-bond donors (Lipinski definition) is 2. The van der Waals surface area contributed by atoms with Gasteiger partial charge in [-0.05, 0) is 31.4 Å². The number of anilines is 2. The molecule has 0 radical (unpaired) electrons. The molecule has 0 bridgehead atoms. The zero-order valence-corrected chi connectivity index (χ0v) is 13.1. The van der Waals surface area contributed by atoms with Gasteiger partial charge in [-0.25, -0.2) is 4.79 Å². The van der Waals surface area contributed by atoms with Crippen molar-refractivity contribution in [2.24, 2.45) is 0 Å². The number of carbonyl (C=O) groups excluding carboxylic acids is 1. The molecule has 3 rings (SSSR count).